The topological polar surface area (TPSA) is 58.4 Å². The molecule has 0 aliphatic carbocycles. The second-order valence-electron chi connectivity index (χ2n) is 6.35. The molecular formula is C20H28ClN3O. The van der Waals surface area contributed by atoms with Crippen LogP contribution < -0.4 is 11.1 Å². The molecule has 4 nitrogen and oxygen atoms in total. The van der Waals surface area contributed by atoms with E-state index >= 15 is 0 Å². The number of amides is 1. The Balaban J connectivity index is 0.00000312. The zero-order chi connectivity index (χ0) is 17.4. The van der Waals surface area contributed by atoms with Crippen LogP contribution in [0.15, 0.2) is 54.6 Å². The van der Waals surface area contributed by atoms with Gasteiger partial charge in [-0.05, 0) is 37.6 Å². The largest absolute Gasteiger partial charge is 0.399 e. The molecule has 0 heterocycles. The number of nitrogen functional groups attached to an aromatic ring is 1. The number of carbonyl (C=O) groups is 1. The van der Waals surface area contributed by atoms with Gasteiger partial charge in [0.1, 0.15) is 0 Å². The predicted molar refractivity (Wildman–Crippen MR) is 107 cm³/mol. The van der Waals surface area contributed by atoms with E-state index in [1.54, 1.807) is 0 Å². The highest BCUT2D eigenvalue weighted by molar-refractivity contribution is 5.85. The molecule has 2 rings (SSSR count). The van der Waals surface area contributed by atoms with Crippen molar-refractivity contribution in [2.75, 3.05) is 19.3 Å². The summed E-state index contributed by atoms with van der Waals surface area (Å²) >= 11 is 0. The van der Waals surface area contributed by atoms with Crippen LogP contribution in [-0.2, 0) is 17.8 Å². The van der Waals surface area contributed by atoms with Gasteiger partial charge in [0.05, 0.1) is 0 Å². The van der Waals surface area contributed by atoms with Crippen LogP contribution in [0.25, 0.3) is 0 Å². The number of nitrogens with one attached hydrogen (secondary N) is 1. The molecule has 0 aromatic heterocycles. The van der Waals surface area contributed by atoms with Crippen LogP contribution in [0.4, 0.5) is 5.69 Å². The normalized spacial score (nSPS) is 11.6. The van der Waals surface area contributed by atoms with Crippen LogP contribution in [0, 0.1) is 0 Å². The van der Waals surface area contributed by atoms with Gasteiger partial charge in [-0.1, -0.05) is 48.5 Å². The second-order valence-corrected chi connectivity index (χ2v) is 6.35. The van der Waals surface area contributed by atoms with Gasteiger partial charge in [0.25, 0.3) is 0 Å². The first kappa shape index (κ1) is 21.0. The summed E-state index contributed by atoms with van der Waals surface area (Å²) in [6, 6.07) is 18.1. The molecule has 1 atom stereocenters. The molecule has 0 aliphatic rings. The first-order valence-corrected chi connectivity index (χ1v) is 8.40. The highest BCUT2D eigenvalue weighted by Gasteiger charge is 2.11. The number of likely N-dealkylation sites (N-methyl/N-ethyl adjacent to an activating group) is 1. The van der Waals surface area contributed by atoms with Crippen molar-refractivity contribution in [2.45, 2.75) is 32.4 Å². The number of carbonyl (C=O) groups excluding carboxylic acids is 1. The average Bonchev–Trinajstić information content (AvgIpc) is 2.54. The van der Waals surface area contributed by atoms with Crippen LogP contribution in [0.5, 0.6) is 0 Å². The number of aryl methyl sites for hydroxylation is 1. The van der Waals surface area contributed by atoms with E-state index in [9.17, 15) is 4.79 Å². The number of anilines is 1. The van der Waals surface area contributed by atoms with E-state index in [4.69, 9.17) is 5.73 Å². The fourth-order valence-electron chi connectivity index (χ4n) is 2.83. The molecular weight excluding hydrogens is 334 g/mol. The van der Waals surface area contributed by atoms with Crippen LogP contribution in [0.1, 0.15) is 24.5 Å². The molecule has 0 spiro atoms. The molecule has 0 radical (unpaired) electrons. The average molecular weight is 362 g/mol. The molecule has 3 N–H and O–H groups in total. The zero-order valence-corrected chi connectivity index (χ0v) is 15.8. The number of para-hydroxylation sites is 1. The standard InChI is InChI=1S/C20H27N3O.ClH/c1-16(14-23(2)15-17-8-4-3-5-9-17)22-20(24)13-12-18-10-6-7-11-19(18)21;/h3-11,16H,12-15,21H2,1-2H3,(H,22,24);1H. The minimum absolute atomic E-state index is 0. The Morgan fingerprint density at radius 3 is 2.44 bits per heavy atom. The summed E-state index contributed by atoms with van der Waals surface area (Å²) < 4.78 is 0. The first-order valence-electron chi connectivity index (χ1n) is 8.40. The van der Waals surface area contributed by atoms with Crippen LogP contribution in [0.3, 0.4) is 0 Å². The lowest BCUT2D eigenvalue weighted by atomic mass is 10.1. The Morgan fingerprint density at radius 2 is 1.76 bits per heavy atom. The van der Waals surface area contributed by atoms with E-state index in [0.29, 0.717) is 12.8 Å². The highest BCUT2D eigenvalue weighted by atomic mass is 35.5. The van der Waals surface area contributed by atoms with E-state index in [2.05, 4.69) is 29.4 Å². The molecule has 1 amide bonds. The van der Waals surface area contributed by atoms with Crippen molar-refractivity contribution in [1.29, 1.82) is 0 Å². The van der Waals surface area contributed by atoms with Crippen molar-refractivity contribution in [3.8, 4) is 0 Å². The Labute approximate surface area is 156 Å². The molecule has 136 valence electrons. The van der Waals surface area contributed by atoms with Gasteiger partial charge < -0.3 is 16.0 Å². The number of hydrogen-bond donors (Lipinski definition) is 2. The molecule has 25 heavy (non-hydrogen) atoms. The van der Waals surface area contributed by atoms with E-state index < -0.39 is 0 Å². The fraction of sp³-hybridized carbons (Fsp3) is 0.350. The van der Waals surface area contributed by atoms with Crippen molar-refractivity contribution in [2.24, 2.45) is 0 Å². The Kier molecular flexibility index (Phi) is 9.03. The van der Waals surface area contributed by atoms with Crippen molar-refractivity contribution in [1.82, 2.24) is 10.2 Å². The number of nitrogens with two attached hydrogens (primary N) is 1. The van der Waals surface area contributed by atoms with Gasteiger partial charge in [-0.2, -0.15) is 0 Å². The number of halogens is 1. The molecule has 0 saturated carbocycles. The summed E-state index contributed by atoms with van der Waals surface area (Å²) in [4.78, 5) is 14.3. The van der Waals surface area contributed by atoms with Gasteiger partial charge in [0, 0.05) is 31.2 Å². The van der Waals surface area contributed by atoms with E-state index in [1.807, 2.05) is 49.4 Å². The highest BCUT2D eigenvalue weighted by Crippen LogP contribution is 2.12. The molecule has 5 heteroatoms. The van der Waals surface area contributed by atoms with Gasteiger partial charge in [-0.3, -0.25) is 4.79 Å². The van der Waals surface area contributed by atoms with Gasteiger partial charge >= 0.3 is 0 Å². The van der Waals surface area contributed by atoms with Crippen LogP contribution >= 0.6 is 12.4 Å². The third-order valence-electron chi connectivity index (χ3n) is 3.96. The summed E-state index contributed by atoms with van der Waals surface area (Å²) in [7, 11) is 2.07. The number of benzene rings is 2. The minimum atomic E-state index is 0. The predicted octanol–water partition coefficient (Wildman–Crippen LogP) is 3.26. The lowest BCUT2D eigenvalue weighted by Crippen LogP contribution is -2.40. The second kappa shape index (κ2) is 10.7. The Bertz CT molecular complexity index is 648. The molecule has 0 fully saturated rings. The molecule has 1 unspecified atom stereocenters. The number of rotatable bonds is 8. The Hall–Kier alpha value is -2.04. The lowest BCUT2D eigenvalue weighted by Gasteiger charge is -2.22. The zero-order valence-electron chi connectivity index (χ0n) is 14.9. The monoisotopic (exact) mass is 361 g/mol. The maximum Gasteiger partial charge on any atom is 0.220 e. The molecule has 2 aromatic carbocycles. The van der Waals surface area contributed by atoms with Crippen molar-refractivity contribution >= 4 is 24.0 Å². The number of hydrogen-bond acceptors (Lipinski definition) is 3. The van der Waals surface area contributed by atoms with Crippen molar-refractivity contribution in [3.05, 3.63) is 65.7 Å². The van der Waals surface area contributed by atoms with Gasteiger partial charge in [0.15, 0.2) is 0 Å². The van der Waals surface area contributed by atoms with Gasteiger partial charge in [0.2, 0.25) is 5.91 Å². The van der Waals surface area contributed by atoms with E-state index in [1.165, 1.54) is 5.56 Å². The maximum atomic E-state index is 12.1. The molecule has 0 aliphatic heterocycles. The van der Waals surface area contributed by atoms with Gasteiger partial charge in [-0.25, -0.2) is 0 Å². The van der Waals surface area contributed by atoms with E-state index in [0.717, 1.165) is 24.3 Å². The smallest absolute Gasteiger partial charge is 0.220 e. The van der Waals surface area contributed by atoms with Crippen molar-refractivity contribution < 1.29 is 4.79 Å². The SMILES string of the molecule is CC(CN(C)Cc1ccccc1)NC(=O)CCc1ccccc1N.Cl. The summed E-state index contributed by atoms with van der Waals surface area (Å²) in [6.07, 6.45) is 1.13. The minimum Gasteiger partial charge on any atom is -0.399 e. The van der Waals surface area contributed by atoms with Gasteiger partial charge in [-0.15, -0.1) is 12.4 Å². The van der Waals surface area contributed by atoms with Crippen LogP contribution in [0.2, 0.25) is 0 Å². The molecule has 0 bridgehead atoms. The molecule has 0 saturated heterocycles. The summed E-state index contributed by atoms with van der Waals surface area (Å²) in [6.45, 7) is 3.73. The van der Waals surface area contributed by atoms with E-state index in [-0.39, 0.29) is 24.4 Å². The van der Waals surface area contributed by atoms with Crippen molar-refractivity contribution in [3.63, 3.8) is 0 Å². The quantitative estimate of drug-likeness (QED) is 0.709. The lowest BCUT2D eigenvalue weighted by molar-refractivity contribution is -0.121. The third-order valence-corrected chi connectivity index (χ3v) is 3.96. The summed E-state index contributed by atoms with van der Waals surface area (Å²) in [5, 5.41) is 3.06. The number of nitrogens with zero attached hydrogens (tertiary/aromatic N) is 1. The maximum absolute atomic E-state index is 12.1. The summed E-state index contributed by atoms with van der Waals surface area (Å²) in [5.41, 5.74) is 8.96. The third kappa shape index (κ3) is 7.59. The fourth-order valence-corrected chi connectivity index (χ4v) is 2.83. The summed E-state index contributed by atoms with van der Waals surface area (Å²) in [5.74, 6) is 0.0684. The van der Waals surface area contributed by atoms with Crippen LogP contribution in [-0.4, -0.2) is 30.4 Å². The molecule has 2 aromatic rings. The Morgan fingerprint density at radius 1 is 1.12 bits per heavy atom. The first-order chi connectivity index (χ1) is 11.5.